The summed E-state index contributed by atoms with van der Waals surface area (Å²) in [5.74, 6) is -2.36. The fraction of sp³-hybridized carbons (Fsp3) is 0.312. The molecule has 0 saturated carbocycles. The smallest absolute Gasteiger partial charge is 0.341 e. The first-order valence-electron chi connectivity index (χ1n) is 7.89. The van der Waals surface area contributed by atoms with Crippen molar-refractivity contribution in [3.05, 3.63) is 41.8 Å². The SMILES string of the molecule is CNS(=O)(=O)c1ccc(F)c(C(=O)OCC(=O)Nc2ccnn2C(C)C)c1. The number of ether oxygens (including phenoxy) is 1. The van der Waals surface area contributed by atoms with Crippen molar-refractivity contribution in [1.29, 1.82) is 0 Å². The molecule has 2 N–H and O–H groups in total. The van der Waals surface area contributed by atoms with E-state index in [0.717, 1.165) is 18.2 Å². The topological polar surface area (TPSA) is 119 Å². The summed E-state index contributed by atoms with van der Waals surface area (Å²) in [6.07, 6.45) is 1.50. The molecule has 1 heterocycles. The van der Waals surface area contributed by atoms with Crippen molar-refractivity contribution in [2.45, 2.75) is 24.8 Å². The molecule has 0 aliphatic heterocycles. The van der Waals surface area contributed by atoms with E-state index >= 15 is 0 Å². The predicted octanol–water partition coefficient (Wildman–Crippen LogP) is 1.31. The molecule has 0 saturated heterocycles. The maximum atomic E-state index is 13.9. The summed E-state index contributed by atoms with van der Waals surface area (Å²) in [5, 5.41) is 6.57. The maximum absolute atomic E-state index is 13.9. The van der Waals surface area contributed by atoms with Crippen molar-refractivity contribution in [3.63, 3.8) is 0 Å². The summed E-state index contributed by atoms with van der Waals surface area (Å²) < 4.78 is 45.8. The zero-order chi connectivity index (χ0) is 20.2. The first-order chi connectivity index (χ1) is 12.7. The molecule has 0 aliphatic carbocycles. The molecular weight excluding hydrogens is 379 g/mol. The summed E-state index contributed by atoms with van der Waals surface area (Å²) in [5.41, 5.74) is -0.591. The normalized spacial score (nSPS) is 11.4. The first-order valence-corrected chi connectivity index (χ1v) is 9.37. The molecule has 0 spiro atoms. The molecule has 0 bridgehead atoms. The number of amides is 1. The van der Waals surface area contributed by atoms with E-state index in [1.165, 1.54) is 13.2 Å². The molecule has 1 aromatic heterocycles. The second kappa shape index (κ2) is 8.27. The summed E-state index contributed by atoms with van der Waals surface area (Å²) >= 11 is 0. The molecule has 0 radical (unpaired) electrons. The van der Waals surface area contributed by atoms with Crippen LogP contribution in [0.2, 0.25) is 0 Å². The highest BCUT2D eigenvalue weighted by molar-refractivity contribution is 7.89. The van der Waals surface area contributed by atoms with Crippen molar-refractivity contribution in [1.82, 2.24) is 14.5 Å². The lowest BCUT2D eigenvalue weighted by Gasteiger charge is -2.12. The van der Waals surface area contributed by atoms with Gasteiger partial charge in [-0.15, -0.1) is 0 Å². The highest BCUT2D eigenvalue weighted by Crippen LogP contribution is 2.16. The zero-order valence-electron chi connectivity index (χ0n) is 14.9. The first kappa shape index (κ1) is 20.5. The van der Waals surface area contributed by atoms with E-state index in [9.17, 15) is 22.4 Å². The summed E-state index contributed by atoms with van der Waals surface area (Å²) in [4.78, 5) is 23.7. The monoisotopic (exact) mass is 398 g/mol. The minimum Gasteiger partial charge on any atom is -0.452 e. The van der Waals surface area contributed by atoms with Gasteiger partial charge >= 0.3 is 5.97 Å². The van der Waals surface area contributed by atoms with E-state index in [0.29, 0.717) is 5.82 Å². The quantitative estimate of drug-likeness (QED) is 0.679. The van der Waals surface area contributed by atoms with Gasteiger partial charge in [0.05, 0.1) is 16.7 Å². The molecule has 1 aromatic carbocycles. The van der Waals surface area contributed by atoms with E-state index in [4.69, 9.17) is 4.74 Å². The number of nitrogens with one attached hydrogen (secondary N) is 2. The number of halogens is 1. The fourth-order valence-corrected chi connectivity index (χ4v) is 2.91. The predicted molar refractivity (Wildman–Crippen MR) is 94.2 cm³/mol. The number of nitrogens with zero attached hydrogens (tertiary/aromatic N) is 2. The van der Waals surface area contributed by atoms with Crippen LogP contribution in [0.5, 0.6) is 0 Å². The van der Waals surface area contributed by atoms with E-state index in [2.05, 4.69) is 15.1 Å². The third kappa shape index (κ3) is 4.89. The van der Waals surface area contributed by atoms with Crippen LogP contribution in [0.1, 0.15) is 30.2 Å². The van der Waals surface area contributed by atoms with Gasteiger partial charge < -0.3 is 10.1 Å². The maximum Gasteiger partial charge on any atom is 0.341 e. The van der Waals surface area contributed by atoms with Gasteiger partial charge in [0.2, 0.25) is 10.0 Å². The fourth-order valence-electron chi connectivity index (χ4n) is 2.16. The molecule has 27 heavy (non-hydrogen) atoms. The Morgan fingerprint density at radius 3 is 2.63 bits per heavy atom. The Labute approximate surface area is 155 Å². The van der Waals surface area contributed by atoms with Gasteiger partial charge in [-0.25, -0.2) is 27.0 Å². The van der Waals surface area contributed by atoms with Crippen molar-refractivity contribution >= 4 is 27.7 Å². The minimum atomic E-state index is -3.86. The largest absolute Gasteiger partial charge is 0.452 e. The zero-order valence-corrected chi connectivity index (χ0v) is 15.7. The molecule has 9 nitrogen and oxygen atoms in total. The Morgan fingerprint density at radius 2 is 2.00 bits per heavy atom. The van der Waals surface area contributed by atoms with Crippen LogP contribution in [0.3, 0.4) is 0 Å². The van der Waals surface area contributed by atoms with Gasteiger partial charge in [0.25, 0.3) is 5.91 Å². The van der Waals surface area contributed by atoms with Crippen LogP contribution in [-0.2, 0) is 19.6 Å². The summed E-state index contributed by atoms with van der Waals surface area (Å²) in [6.45, 7) is 3.07. The van der Waals surface area contributed by atoms with Gasteiger partial charge in [-0.1, -0.05) is 0 Å². The van der Waals surface area contributed by atoms with Gasteiger partial charge in [0.15, 0.2) is 6.61 Å². The molecule has 146 valence electrons. The Kier molecular flexibility index (Phi) is 6.28. The molecule has 0 unspecified atom stereocenters. The highest BCUT2D eigenvalue weighted by Gasteiger charge is 2.20. The van der Waals surface area contributed by atoms with Gasteiger partial charge in [-0.05, 0) is 39.1 Å². The van der Waals surface area contributed by atoms with Gasteiger partial charge in [0.1, 0.15) is 11.6 Å². The van der Waals surface area contributed by atoms with Crippen molar-refractivity contribution in [2.24, 2.45) is 0 Å². The second-order valence-corrected chi connectivity index (χ2v) is 7.61. The number of sulfonamides is 1. The molecule has 0 atom stereocenters. The van der Waals surface area contributed by atoms with Crippen molar-refractivity contribution < 1.29 is 27.1 Å². The number of aromatic nitrogens is 2. The number of esters is 1. The number of benzene rings is 1. The lowest BCUT2D eigenvalue weighted by Crippen LogP contribution is -2.24. The Hall–Kier alpha value is -2.79. The van der Waals surface area contributed by atoms with Crippen LogP contribution in [0.4, 0.5) is 10.2 Å². The molecule has 1 amide bonds. The molecule has 2 rings (SSSR count). The standard InChI is InChI=1S/C16H19FN4O5S/c1-10(2)21-14(6-7-19-21)20-15(22)9-26-16(23)12-8-11(4-5-13(12)17)27(24,25)18-3/h4-8,10,18H,9H2,1-3H3,(H,20,22). The third-order valence-electron chi connectivity index (χ3n) is 3.50. The lowest BCUT2D eigenvalue weighted by molar-refractivity contribution is -0.119. The summed E-state index contributed by atoms with van der Waals surface area (Å²) in [6, 6.07) is 4.27. The van der Waals surface area contributed by atoms with Crippen LogP contribution in [0, 0.1) is 5.82 Å². The summed E-state index contributed by atoms with van der Waals surface area (Å²) in [7, 11) is -2.68. The number of rotatable bonds is 7. The van der Waals surface area contributed by atoms with E-state index in [1.807, 2.05) is 13.8 Å². The Bertz CT molecular complexity index is 955. The number of hydrogen-bond donors (Lipinski definition) is 2. The highest BCUT2D eigenvalue weighted by atomic mass is 32.2. The van der Waals surface area contributed by atoms with Crippen molar-refractivity contribution in [2.75, 3.05) is 19.0 Å². The van der Waals surface area contributed by atoms with Gasteiger partial charge in [-0.3, -0.25) is 4.79 Å². The van der Waals surface area contributed by atoms with Crippen LogP contribution >= 0.6 is 0 Å². The minimum absolute atomic E-state index is 0.00353. The van der Waals surface area contributed by atoms with Crippen LogP contribution < -0.4 is 10.0 Å². The number of anilines is 1. The van der Waals surface area contributed by atoms with E-state index in [-0.39, 0.29) is 10.9 Å². The average molecular weight is 398 g/mol. The van der Waals surface area contributed by atoms with E-state index in [1.54, 1.807) is 10.7 Å². The number of carbonyl (C=O) groups is 2. The lowest BCUT2D eigenvalue weighted by atomic mass is 10.2. The van der Waals surface area contributed by atoms with Crippen LogP contribution in [0.25, 0.3) is 0 Å². The molecular formula is C16H19FN4O5S. The molecule has 0 fully saturated rings. The number of carbonyl (C=O) groups excluding carboxylic acids is 2. The van der Waals surface area contributed by atoms with Crippen molar-refractivity contribution in [3.8, 4) is 0 Å². The van der Waals surface area contributed by atoms with Crippen LogP contribution in [0.15, 0.2) is 35.4 Å². The average Bonchev–Trinajstić information content (AvgIpc) is 3.08. The Morgan fingerprint density at radius 1 is 1.30 bits per heavy atom. The third-order valence-corrected chi connectivity index (χ3v) is 4.91. The Balaban J connectivity index is 2.06. The molecule has 2 aromatic rings. The molecule has 11 heteroatoms. The van der Waals surface area contributed by atoms with Gasteiger partial charge in [0, 0.05) is 12.1 Å². The van der Waals surface area contributed by atoms with Crippen LogP contribution in [-0.4, -0.2) is 43.7 Å². The van der Waals surface area contributed by atoms with Gasteiger partial charge in [-0.2, -0.15) is 5.10 Å². The molecule has 0 aliphatic rings. The second-order valence-electron chi connectivity index (χ2n) is 5.73. The number of hydrogen-bond acceptors (Lipinski definition) is 6. The van der Waals surface area contributed by atoms with E-state index < -0.39 is 39.9 Å².